The number of imide groups is 2. The summed E-state index contributed by atoms with van der Waals surface area (Å²) in [7, 11) is 0. The molecule has 0 aliphatic carbocycles. The van der Waals surface area contributed by atoms with Gasteiger partial charge in [-0.1, -0.05) is 6.07 Å². The van der Waals surface area contributed by atoms with Gasteiger partial charge < -0.3 is 10.5 Å². The van der Waals surface area contributed by atoms with Crippen molar-refractivity contribution in [3.05, 3.63) is 34.9 Å². The Kier molecular flexibility index (Phi) is 4.49. The van der Waals surface area contributed by atoms with Crippen molar-refractivity contribution in [1.82, 2.24) is 15.1 Å². The van der Waals surface area contributed by atoms with E-state index >= 15 is 0 Å². The number of carbonyl (C=O) groups excluding carboxylic acids is 4. The number of ether oxygens (including phenoxy) is 1. The summed E-state index contributed by atoms with van der Waals surface area (Å²) in [6.07, 6.45) is 1.21. The average molecular weight is 412 g/mol. The van der Waals surface area contributed by atoms with Gasteiger partial charge in [-0.3, -0.25) is 34.3 Å². The molecular weight excluding hydrogens is 388 g/mol. The van der Waals surface area contributed by atoms with Crippen LogP contribution in [-0.4, -0.2) is 71.3 Å². The molecule has 0 bridgehead atoms. The highest BCUT2D eigenvalue weighted by Gasteiger charge is 2.46. The molecule has 0 aromatic heterocycles. The van der Waals surface area contributed by atoms with Crippen molar-refractivity contribution in [3.63, 3.8) is 0 Å². The summed E-state index contributed by atoms with van der Waals surface area (Å²) in [5, 5.41) is 2.21. The van der Waals surface area contributed by atoms with E-state index in [0.717, 1.165) is 36.6 Å². The van der Waals surface area contributed by atoms with Gasteiger partial charge in [-0.05, 0) is 36.5 Å². The van der Waals surface area contributed by atoms with Gasteiger partial charge in [-0.15, -0.1) is 0 Å². The molecule has 1 aromatic carbocycles. The molecule has 3 fully saturated rings. The van der Waals surface area contributed by atoms with Gasteiger partial charge in [0.05, 0.1) is 23.3 Å². The van der Waals surface area contributed by atoms with Crippen LogP contribution in [0, 0.1) is 5.92 Å². The van der Waals surface area contributed by atoms with Crippen LogP contribution in [0.4, 0.5) is 0 Å². The van der Waals surface area contributed by atoms with Crippen molar-refractivity contribution in [3.8, 4) is 0 Å². The molecule has 9 nitrogen and oxygen atoms in total. The van der Waals surface area contributed by atoms with Crippen LogP contribution in [0.25, 0.3) is 0 Å². The number of rotatable bonds is 3. The second kappa shape index (κ2) is 6.97. The number of amides is 4. The molecule has 3 saturated heterocycles. The third-order valence-corrected chi connectivity index (χ3v) is 6.70. The van der Waals surface area contributed by atoms with Gasteiger partial charge in [0.1, 0.15) is 6.04 Å². The zero-order valence-corrected chi connectivity index (χ0v) is 16.6. The van der Waals surface area contributed by atoms with Crippen LogP contribution in [-0.2, 0) is 20.9 Å². The molecule has 4 heterocycles. The van der Waals surface area contributed by atoms with Crippen molar-refractivity contribution in [2.75, 3.05) is 26.3 Å². The Labute approximate surface area is 173 Å². The second-order valence-electron chi connectivity index (χ2n) is 8.77. The molecule has 0 saturated carbocycles. The number of benzene rings is 1. The van der Waals surface area contributed by atoms with E-state index in [2.05, 4.69) is 10.2 Å². The Morgan fingerprint density at radius 2 is 1.93 bits per heavy atom. The lowest BCUT2D eigenvalue weighted by Gasteiger charge is -2.34. The molecular formula is C21H24N4O5. The number of piperidine rings is 1. The molecule has 3 atom stereocenters. The lowest BCUT2D eigenvalue weighted by atomic mass is 9.85. The lowest BCUT2D eigenvalue weighted by Crippen LogP contribution is -2.54. The number of nitrogens with two attached hydrogens (primary N) is 1. The van der Waals surface area contributed by atoms with Crippen LogP contribution >= 0.6 is 0 Å². The first-order chi connectivity index (χ1) is 14.4. The molecule has 4 amide bonds. The summed E-state index contributed by atoms with van der Waals surface area (Å²) < 4.78 is 5.56. The smallest absolute Gasteiger partial charge is 0.262 e. The number of hydrogen-bond donors (Lipinski definition) is 2. The van der Waals surface area contributed by atoms with E-state index in [1.165, 1.54) is 0 Å². The Bertz CT molecular complexity index is 963. The quantitative estimate of drug-likeness (QED) is 0.650. The van der Waals surface area contributed by atoms with Crippen molar-refractivity contribution in [1.29, 1.82) is 0 Å². The van der Waals surface area contributed by atoms with Crippen LogP contribution < -0.4 is 11.1 Å². The van der Waals surface area contributed by atoms with Crippen LogP contribution in [0.15, 0.2) is 18.2 Å². The first-order valence-electron chi connectivity index (χ1n) is 10.3. The van der Waals surface area contributed by atoms with Gasteiger partial charge in [0, 0.05) is 32.7 Å². The van der Waals surface area contributed by atoms with Gasteiger partial charge in [-0.25, -0.2) is 0 Å². The van der Waals surface area contributed by atoms with E-state index in [0.29, 0.717) is 30.2 Å². The Hall–Kier alpha value is -2.62. The monoisotopic (exact) mass is 412 g/mol. The summed E-state index contributed by atoms with van der Waals surface area (Å²) in [4.78, 5) is 52.6. The maximum atomic E-state index is 13.0. The third-order valence-electron chi connectivity index (χ3n) is 6.70. The minimum absolute atomic E-state index is 0.107. The molecule has 3 unspecified atom stereocenters. The van der Waals surface area contributed by atoms with Gasteiger partial charge in [0.25, 0.3) is 11.8 Å². The summed E-state index contributed by atoms with van der Waals surface area (Å²) in [5.74, 6) is -1.56. The topological polar surface area (TPSA) is 122 Å². The lowest BCUT2D eigenvalue weighted by molar-refractivity contribution is -0.136. The summed E-state index contributed by atoms with van der Waals surface area (Å²) in [6.45, 7) is 3.54. The van der Waals surface area contributed by atoms with Crippen molar-refractivity contribution in [2.45, 2.75) is 37.4 Å². The first kappa shape index (κ1) is 19.3. The molecule has 4 aliphatic heterocycles. The normalized spacial score (nSPS) is 31.7. The third kappa shape index (κ3) is 3.05. The van der Waals surface area contributed by atoms with Crippen LogP contribution in [0.2, 0.25) is 0 Å². The molecule has 4 aliphatic rings. The average Bonchev–Trinajstić information content (AvgIpc) is 3.16. The first-order valence-corrected chi connectivity index (χ1v) is 10.3. The number of likely N-dealkylation sites (tertiary alicyclic amines) is 1. The maximum absolute atomic E-state index is 13.0. The Morgan fingerprint density at radius 1 is 1.13 bits per heavy atom. The predicted octanol–water partition coefficient (Wildman–Crippen LogP) is -0.363. The summed E-state index contributed by atoms with van der Waals surface area (Å²) in [5.41, 5.74) is 7.73. The zero-order valence-electron chi connectivity index (χ0n) is 16.6. The number of nitrogens with zero attached hydrogens (tertiary/aromatic N) is 2. The van der Waals surface area contributed by atoms with E-state index in [9.17, 15) is 19.2 Å². The minimum atomic E-state index is -0.947. The molecule has 1 aromatic rings. The Morgan fingerprint density at radius 3 is 2.70 bits per heavy atom. The second-order valence-corrected chi connectivity index (χ2v) is 8.77. The highest BCUT2D eigenvalue weighted by atomic mass is 16.5. The fourth-order valence-corrected chi connectivity index (χ4v) is 5.13. The van der Waals surface area contributed by atoms with E-state index in [1.54, 1.807) is 12.1 Å². The molecule has 158 valence electrons. The fraction of sp³-hybridized carbons (Fsp3) is 0.524. The minimum Gasteiger partial charge on any atom is -0.379 e. The summed E-state index contributed by atoms with van der Waals surface area (Å²) >= 11 is 0. The predicted molar refractivity (Wildman–Crippen MR) is 104 cm³/mol. The molecule has 5 rings (SSSR count). The van der Waals surface area contributed by atoms with Gasteiger partial charge >= 0.3 is 0 Å². The zero-order chi connectivity index (χ0) is 21.0. The van der Waals surface area contributed by atoms with Gasteiger partial charge in [0.2, 0.25) is 11.8 Å². The van der Waals surface area contributed by atoms with Crippen molar-refractivity contribution in [2.24, 2.45) is 11.7 Å². The summed E-state index contributed by atoms with van der Waals surface area (Å²) in [6, 6.07) is 4.29. The highest BCUT2D eigenvalue weighted by Crippen LogP contribution is 2.34. The van der Waals surface area contributed by atoms with E-state index in [-0.39, 0.29) is 24.3 Å². The van der Waals surface area contributed by atoms with E-state index in [4.69, 9.17) is 10.5 Å². The van der Waals surface area contributed by atoms with Crippen molar-refractivity contribution < 1.29 is 23.9 Å². The van der Waals surface area contributed by atoms with Crippen LogP contribution in [0.5, 0.6) is 0 Å². The number of hydrogen-bond acceptors (Lipinski definition) is 7. The van der Waals surface area contributed by atoms with Crippen molar-refractivity contribution >= 4 is 23.6 Å². The standard InChI is InChI=1S/C21H24N4O5/c22-21-10-24(9-13(21)5-6-30-11-21)8-12-1-2-14-15(7-12)20(29)25(19(14)28)16-3-4-17(26)23-18(16)27/h1-2,7,13,16H,3-6,8-11,22H2,(H,23,26,27). The molecule has 0 radical (unpaired) electrons. The number of carbonyl (C=O) groups is 4. The highest BCUT2D eigenvalue weighted by molar-refractivity contribution is 6.23. The fourth-order valence-electron chi connectivity index (χ4n) is 5.13. The largest absolute Gasteiger partial charge is 0.379 e. The number of fused-ring (bicyclic) bond motifs is 2. The van der Waals surface area contributed by atoms with E-state index in [1.807, 2.05) is 6.07 Å². The van der Waals surface area contributed by atoms with Gasteiger partial charge in [-0.2, -0.15) is 0 Å². The van der Waals surface area contributed by atoms with E-state index < -0.39 is 23.8 Å². The van der Waals surface area contributed by atoms with Crippen LogP contribution in [0.1, 0.15) is 45.5 Å². The maximum Gasteiger partial charge on any atom is 0.262 e. The van der Waals surface area contributed by atoms with Gasteiger partial charge in [0.15, 0.2) is 0 Å². The molecule has 3 N–H and O–H groups in total. The SMILES string of the molecule is NC12COCCC1CN(Cc1ccc3c(c1)C(=O)N(C1CCC(=O)NC1=O)C3=O)C2. The molecule has 9 heteroatoms. The number of nitrogens with one attached hydrogen (secondary N) is 1. The molecule has 0 spiro atoms. The Balaban J connectivity index is 1.34. The molecule has 30 heavy (non-hydrogen) atoms. The van der Waals surface area contributed by atoms with Crippen LogP contribution in [0.3, 0.4) is 0 Å².